The molecule has 0 unspecified atom stereocenters. The van der Waals surface area contributed by atoms with Crippen LogP contribution in [-0.4, -0.2) is 5.91 Å². The number of anilines is 2. The largest absolute Gasteiger partial charge is 0.381 e. The molecule has 27 heavy (non-hydrogen) atoms. The van der Waals surface area contributed by atoms with Crippen LogP contribution in [0.2, 0.25) is 0 Å². The number of benzene rings is 3. The maximum Gasteiger partial charge on any atom is 0.255 e. The van der Waals surface area contributed by atoms with Crippen molar-refractivity contribution in [2.45, 2.75) is 26.8 Å². The van der Waals surface area contributed by atoms with Gasteiger partial charge in [-0.2, -0.15) is 0 Å². The lowest BCUT2D eigenvalue weighted by Gasteiger charge is -2.12. The van der Waals surface area contributed by atoms with Gasteiger partial charge in [0.2, 0.25) is 0 Å². The fraction of sp³-hybridized carbons (Fsp3) is 0.174. The van der Waals surface area contributed by atoms with Gasteiger partial charge in [-0.3, -0.25) is 4.79 Å². The molecule has 0 fully saturated rings. The molecule has 0 aliphatic rings. The molecular formula is C23H23BrN2O. The second-order valence-corrected chi connectivity index (χ2v) is 7.36. The summed E-state index contributed by atoms with van der Waals surface area (Å²) in [4.78, 5) is 12.6. The Kier molecular flexibility index (Phi) is 6.30. The van der Waals surface area contributed by atoms with Crippen molar-refractivity contribution in [2.75, 3.05) is 10.6 Å². The SMILES string of the molecule is CCc1ccccc1NCc1cccc(C(=O)Nc2ccc(C)cc2Br)c1. The van der Waals surface area contributed by atoms with E-state index in [1.807, 2.05) is 55.5 Å². The van der Waals surface area contributed by atoms with Crippen LogP contribution in [-0.2, 0) is 13.0 Å². The van der Waals surface area contributed by atoms with Gasteiger partial charge < -0.3 is 10.6 Å². The fourth-order valence-electron chi connectivity index (χ4n) is 2.94. The lowest BCUT2D eigenvalue weighted by molar-refractivity contribution is 0.102. The van der Waals surface area contributed by atoms with Crippen molar-refractivity contribution in [2.24, 2.45) is 0 Å². The highest BCUT2D eigenvalue weighted by molar-refractivity contribution is 9.10. The Morgan fingerprint density at radius 2 is 1.78 bits per heavy atom. The molecule has 0 aliphatic carbocycles. The number of halogens is 1. The van der Waals surface area contributed by atoms with Crippen molar-refractivity contribution in [1.29, 1.82) is 0 Å². The van der Waals surface area contributed by atoms with E-state index in [0.717, 1.165) is 33.4 Å². The third-order valence-electron chi connectivity index (χ3n) is 4.44. The molecule has 0 aliphatic heterocycles. The molecule has 0 atom stereocenters. The molecule has 0 bridgehead atoms. The minimum absolute atomic E-state index is 0.115. The Morgan fingerprint density at radius 1 is 0.963 bits per heavy atom. The summed E-state index contributed by atoms with van der Waals surface area (Å²) in [5.74, 6) is -0.115. The monoisotopic (exact) mass is 422 g/mol. The van der Waals surface area contributed by atoms with Crippen LogP contribution < -0.4 is 10.6 Å². The molecule has 3 aromatic carbocycles. The Hall–Kier alpha value is -2.59. The normalized spacial score (nSPS) is 10.5. The van der Waals surface area contributed by atoms with E-state index in [1.54, 1.807) is 0 Å². The first-order chi connectivity index (χ1) is 13.1. The molecule has 0 spiro atoms. The van der Waals surface area contributed by atoms with Crippen molar-refractivity contribution < 1.29 is 4.79 Å². The van der Waals surface area contributed by atoms with Gasteiger partial charge in [-0.1, -0.05) is 43.3 Å². The highest BCUT2D eigenvalue weighted by Gasteiger charge is 2.09. The molecule has 3 rings (SSSR count). The van der Waals surface area contributed by atoms with Crippen LogP contribution in [0, 0.1) is 6.92 Å². The first kappa shape index (κ1) is 19.2. The summed E-state index contributed by atoms with van der Waals surface area (Å²) < 4.78 is 0.879. The molecule has 4 heteroatoms. The number of amides is 1. The standard InChI is InChI=1S/C23H23BrN2O/c1-3-18-8-4-5-10-21(18)25-15-17-7-6-9-19(14-17)23(27)26-22-12-11-16(2)13-20(22)24/h4-14,25H,3,15H2,1-2H3,(H,26,27). The van der Waals surface area contributed by atoms with Crippen molar-refractivity contribution >= 4 is 33.2 Å². The number of carbonyl (C=O) groups excluding carboxylic acids is 1. The van der Waals surface area contributed by atoms with Crippen LogP contribution >= 0.6 is 15.9 Å². The number of hydrogen-bond donors (Lipinski definition) is 2. The van der Waals surface area contributed by atoms with E-state index in [9.17, 15) is 4.79 Å². The number of carbonyl (C=O) groups is 1. The summed E-state index contributed by atoms with van der Waals surface area (Å²) in [6, 6.07) is 21.9. The first-order valence-corrected chi connectivity index (χ1v) is 9.84. The summed E-state index contributed by atoms with van der Waals surface area (Å²) in [6.07, 6.45) is 0.983. The molecule has 3 nitrogen and oxygen atoms in total. The van der Waals surface area contributed by atoms with Gasteiger partial charge in [0.15, 0.2) is 0 Å². The van der Waals surface area contributed by atoms with Crippen molar-refractivity contribution in [3.05, 3.63) is 93.5 Å². The van der Waals surface area contributed by atoms with E-state index < -0.39 is 0 Å². The summed E-state index contributed by atoms with van der Waals surface area (Å²) >= 11 is 3.50. The number of para-hydroxylation sites is 1. The van der Waals surface area contributed by atoms with Crippen LogP contribution in [0.15, 0.2) is 71.2 Å². The smallest absolute Gasteiger partial charge is 0.255 e. The zero-order chi connectivity index (χ0) is 19.2. The van der Waals surface area contributed by atoms with Crippen molar-refractivity contribution in [3.63, 3.8) is 0 Å². The molecule has 0 aromatic heterocycles. The molecule has 0 radical (unpaired) electrons. The van der Waals surface area contributed by atoms with Gasteiger partial charge in [-0.25, -0.2) is 0 Å². The summed E-state index contributed by atoms with van der Waals surface area (Å²) in [7, 11) is 0. The van der Waals surface area contributed by atoms with Gasteiger partial charge >= 0.3 is 0 Å². The third-order valence-corrected chi connectivity index (χ3v) is 5.10. The van der Waals surface area contributed by atoms with E-state index in [2.05, 4.69) is 51.7 Å². The second-order valence-electron chi connectivity index (χ2n) is 6.50. The molecular weight excluding hydrogens is 400 g/mol. The average Bonchev–Trinajstić information content (AvgIpc) is 2.69. The molecule has 0 heterocycles. The maximum atomic E-state index is 12.6. The Bertz CT molecular complexity index is 953. The third kappa shape index (κ3) is 4.98. The molecule has 138 valence electrons. The predicted octanol–water partition coefficient (Wildman–Crippen LogP) is 6.18. The Labute approximate surface area is 168 Å². The lowest BCUT2D eigenvalue weighted by Crippen LogP contribution is -2.13. The van der Waals surface area contributed by atoms with Gasteiger partial charge in [0.25, 0.3) is 5.91 Å². The van der Waals surface area contributed by atoms with Gasteiger partial charge in [0.05, 0.1) is 5.69 Å². The molecule has 3 aromatic rings. The Balaban J connectivity index is 1.70. The topological polar surface area (TPSA) is 41.1 Å². The zero-order valence-corrected chi connectivity index (χ0v) is 17.1. The van der Waals surface area contributed by atoms with Crippen LogP contribution in [0.3, 0.4) is 0 Å². The van der Waals surface area contributed by atoms with E-state index in [4.69, 9.17) is 0 Å². The molecule has 2 N–H and O–H groups in total. The molecule has 0 saturated heterocycles. The fourth-order valence-corrected chi connectivity index (χ4v) is 3.53. The average molecular weight is 423 g/mol. The van der Waals surface area contributed by atoms with Gasteiger partial charge in [-0.15, -0.1) is 0 Å². The van der Waals surface area contributed by atoms with E-state index in [1.165, 1.54) is 5.56 Å². The van der Waals surface area contributed by atoms with Gasteiger partial charge in [0.1, 0.15) is 0 Å². The van der Waals surface area contributed by atoms with Crippen LogP contribution in [0.1, 0.15) is 34.0 Å². The van der Waals surface area contributed by atoms with E-state index >= 15 is 0 Å². The number of rotatable bonds is 6. The summed E-state index contributed by atoms with van der Waals surface area (Å²) in [5.41, 5.74) is 6.04. The lowest BCUT2D eigenvalue weighted by atomic mass is 10.1. The van der Waals surface area contributed by atoms with Gasteiger partial charge in [0, 0.05) is 22.3 Å². The summed E-state index contributed by atoms with van der Waals surface area (Å²) in [6.45, 7) is 4.84. The van der Waals surface area contributed by atoms with Crippen molar-refractivity contribution in [1.82, 2.24) is 0 Å². The number of hydrogen-bond acceptors (Lipinski definition) is 2. The van der Waals surface area contributed by atoms with Gasteiger partial charge in [-0.05, 0) is 76.3 Å². The minimum atomic E-state index is -0.115. The van der Waals surface area contributed by atoms with Crippen LogP contribution in [0.5, 0.6) is 0 Å². The van der Waals surface area contributed by atoms with Crippen molar-refractivity contribution in [3.8, 4) is 0 Å². The summed E-state index contributed by atoms with van der Waals surface area (Å²) in [5, 5.41) is 6.44. The van der Waals surface area contributed by atoms with E-state index in [0.29, 0.717) is 12.1 Å². The molecule has 0 saturated carbocycles. The predicted molar refractivity (Wildman–Crippen MR) is 116 cm³/mol. The second kappa shape index (κ2) is 8.87. The zero-order valence-electron chi connectivity index (χ0n) is 15.6. The maximum absolute atomic E-state index is 12.6. The first-order valence-electron chi connectivity index (χ1n) is 9.05. The molecule has 1 amide bonds. The highest BCUT2D eigenvalue weighted by atomic mass is 79.9. The van der Waals surface area contributed by atoms with E-state index in [-0.39, 0.29) is 5.91 Å². The van der Waals surface area contributed by atoms with Crippen LogP contribution in [0.4, 0.5) is 11.4 Å². The number of nitrogens with one attached hydrogen (secondary N) is 2. The quantitative estimate of drug-likeness (QED) is 0.497. The minimum Gasteiger partial charge on any atom is -0.381 e. The van der Waals surface area contributed by atoms with Crippen LogP contribution in [0.25, 0.3) is 0 Å². The highest BCUT2D eigenvalue weighted by Crippen LogP contribution is 2.24. The number of aryl methyl sites for hydroxylation is 2. The Morgan fingerprint density at radius 3 is 2.56 bits per heavy atom.